The number of nitrogens with two attached hydrogens (primary N) is 1. The molecule has 74 valence electrons. The fourth-order valence-corrected chi connectivity index (χ4v) is 1.29. The Morgan fingerprint density at radius 3 is 2.57 bits per heavy atom. The molecule has 0 aliphatic heterocycles. The van der Waals surface area contributed by atoms with E-state index in [1.807, 2.05) is 5.32 Å². The minimum atomic E-state index is -0.871. The molecule has 0 bridgehead atoms. The Balaban J connectivity index is 2.96. The van der Waals surface area contributed by atoms with Crippen LogP contribution in [0.15, 0.2) is 18.2 Å². The molecule has 3 amide bonds. The zero-order chi connectivity index (χ0) is 10.7. The Morgan fingerprint density at radius 1 is 1.43 bits per heavy atom. The Hall–Kier alpha value is -1.55. The van der Waals surface area contributed by atoms with E-state index < -0.39 is 11.9 Å². The predicted molar refractivity (Wildman–Crippen MR) is 53.2 cm³/mol. The second-order valence-corrected chi connectivity index (χ2v) is 3.21. The fourth-order valence-electron chi connectivity index (χ4n) is 1.06. The van der Waals surface area contributed by atoms with Crippen molar-refractivity contribution in [3.05, 3.63) is 34.3 Å². The number of aryl methyl sites for hydroxylation is 1. The monoisotopic (exact) mass is 212 g/mol. The number of imide groups is 1. The lowest BCUT2D eigenvalue weighted by Crippen LogP contribution is -2.35. The van der Waals surface area contributed by atoms with Crippen molar-refractivity contribution >= 4 is 23.5 Å². The van der Waals surface area contributed by atoms with Crippen LogP contribution in [-0.2, 0) is 0 Å². The third kappa shape index (κ3) is 2.47. The number of rotatable bonds is 1. The van der Waals surface area contributed by atoms with Crippen LogP contribution in [0.5, 0.6) is 0 Å². The molecule has 0 aliphatic rings. The number of halogens is 1. The first-order valence-electron chi connectivity index (χ1n) is 3.87. The maximum atomic E-state index is 11.3. The minimum absolute atomic E-state index is 0.383. The maximum absolute atomic E-state index is 11.3. The van der Waals surface area contributed by atoms with Gasteiger partial charge in [0.15, 0.2) is 0 Å². The van der Waals surface area contributed by atoms with Crippen molar-refractivity contribution < 1.29 is 9.59 Å². The van der Waals surface area contributed by atoms with Gasteiger partial charge in [0.1, 0.15) is 0 Å². The Bertz CT molecular complexity index is 390. The van der Waals surface area contributed by atoms with E-state index in [1.165, 1.54) is 6.07 Å². The normalized spacial score (nSPS) is 9.57. The molecule has 3 N–H and O–H groups in total. The number of amides is 3. The van der Waals surface area contributed by atoms with Gasteiger partial charge in [0, 0.05) is 10.6 Å². The van der Waals surface area contributed by atoms with Crippen LogP contribution < -0.4 is 11.1 Å². The van der Waals surface area contributed by atoms with Gasteiger partial charge in [-0.3, -0.25) is 10.1 Å². The van der Waals surface area contributed by atoms with E-state index in [1.54, 1.807) is 19.1 Å². The van der Waals surface area contributed by atoms with Gasteiger partial charge < -0.3 is 5.73 Å². The van der Waals surface area contributed by atoms with Crippen LogP contribution in [-0.4, -0.2) is 11.9 Å². The molecule has 0 fully saturated rings. The Kier molecular flexibility index (Phi) is 3.09. The van der Waals surface area contributed by atoms with Crippen LogP contribution in [0, 0.1) is 6.92 Å². The van der Waals surface area contributed by atoms with Crippen molar-refractivity contribution in [3.63, 3.8) is 0 Å². The summed E-state index contributed by atoms with van der Waals surface area (Å²) in [6.45, 7) is 1.72. The number of benzene rings is 1. The molecule has 1 aromatic carbocycles. The summed E-state index contributed by atoms with van der Waals surface area (Å²) >= 11 is 5.70. The zero-order valence-electron chi connectivity index (χ0n) is 7.50. The quantitative estimate of drug-likeness (QED) is 0.740. The highest BCUT2D eigenvalue weighted by atomic mass is 35.5. The summed E-state index contributed by atoms with van der Waals surface area (Å²) in [5, 5.41) is 2.52. The molecular weight excluding hydrogens is 204 g/mol. The highest BCUT2D eigenvalue weighted by molar-refractivity contribution is 6.30. The van der Waals surface area contributed by atoms with Crippen LogP contribution in [0.3, 0.4) is 0 Å². The number of carbonyl (C=O) groups excluding carboxylic acids is 2. The summed E-state index contributed by atoms with van der Waals surface area (Å²) < 4.78 is 0. The maximum Gasteiger partial charge on any atom is 0.319 e. The largest absolute Gasteiger partial charge is 0.351 e. The number of carbonyl (C=O) groups is 2. The number of urea groups is 1. The van der Waals surface area contributed by atoms with E-state index in [-0.39, 0.29) is 0 Å². The van der Waals surface area contributed by atoms with Gasteiger partial charge in [0.05, 0.1) is 0 Å². The lowest BCUT2D eigenvalue weighted by atomic mass is 10.1. The third-order valence-electron chi connectivity index (χ3n) is 1.67. The van der Waals surface area contributed by atoms with Crippen molar-refractivity contribution in [1.29, 1.82) is 0 Å². The van der Waals surface area contributed by atoms with E-state index in [9.17, 15) is 9.59 Å². The highest BCUT2D eigenvalue weighted by Crippen LogP contribution is 2.14. The molecule has 0 aromatic heterocycles. The first kappa shape index (κ1) is 10.5. The summed E-state index contributed by atoms with van der Waals surface area (Å²) in [7, 11) is 0. The second-order valence-electron chi connectivity index (χ2n) is 2.78. The van der Waals surface area contributed by atoms with E-state index in [0.717, 1.165) is 0 Å². The summed E-state index contributed by atoms with van der Waals surface area (Å²) in [5.41, 5.74) is 5.89. The van der Waals surface area contributed by atoms with Gasteiger partial charge in [-0.1, -0.05) is 11.6 Å². The summed E-state index contributed by atoms with van der Waals surface area (Å²) in [4.78, 5) is 21.8. The van der Waals surface area contributed by atoms with Crippen LogP contribution >= 0.6 is 11.6 Å². The first-order valence-corrected chi connectivity index (χ1v) is 4.25. The average Bonchev–Trinajstić information content (AvgIpc) is 2.01. The van der Waals surface area contributed by atoms with Crippen LogP contribution in [0.2, 0.25) is 5.02 Å². The van der Waals surface area contributed by atoms with Crippen molar-refractivity contribution in [2.75, 3.05) is 0 Å². The Morgan fingerprint density at radius 2 is 2.07 bits per heavy atom. The average molecular weight is 213 g/mol. The molecule has 0 radical (unpaired) electrons. The molecule has 0 saturated carbocycles. The Labute approximate surface area is 86.0 Å². The topological polar surface area (TPSA) is 72.2 Å². The van der Waals surface area contributed by atoms with Gasteiger partial charge in [-0.05, 0) is 30.7 Å². The van der Waals surface area contributed by atoms with Crippen molar-refractivity contribution in [3.8, 4) is 0 Å². The van der Waals surface area contributed by atoms with E-state index >= 15 is 0 Å². The molecule has 0 unspecified atom stereocenters. The van der Waals surface area contributed by atoms with Gasteiger partial charge in [-0.25, -0.2) is 4.79 Å². The van der Waals surface area contributed by atoms with Gasteiger partial charge in [-0.2, -0.15) is 0 Å². The van der Waals surface area contributed by atoms with Gasteiger partial charge in [-0.15, -0.1) is 0 Å². The lowest BCUT2D eigenvalue weighted by molar-refractivity contribution is 0.0965. The fraction of sp³-hybridized carbons (Fsp3) is 0.111. The summed E-state index contributed by atoms with van der Waals surface area (Å²) in [6.07, 6.45) is 0. The van der Waals surface area contributed by atoms with E-state index in [4.69, 9.17) is 17.3 Å². The molecule has 1 rings (SSSR count). The van der Waals surface area contributed by atoms with Gasteiger partial charge in [0.2, 0.25) is 0 Å². The second kappa shape index (κ2) is 4.11. The molecule has 0 saturated heterocycles. The molecule has 0 aliphatic carbocycles. The molecule has 1 aromatic rings. The van der Waals surface area contributed by atoms with E-state index in [2.05, 4.69) is 0 Å². The van der Waals surface area contributed by atoms with Crippen LogP contribution in [0.1, 0.15) is 15.9 Å². The number of hydrogen-bond donors (Lipinski definition) is 2. The predicted octanol–water partition coefficient (Wildman–Crippen LogP) is 1.46. The van der Waals surface area contributed by atoms with Crippen LogP contribution in [0.25, 0.3) is 0 Å². The number of nitrogens with one attached hydrogen (secondary N) is 1. The molecule has 14 heavy (non-hydrogen) atoms. The summed E-state index contributed by atoms with van der Waals surface area (Å²) in [5.74, 6) is -0.522. The molecule has 0 spiro atoms. The lowest BCUT2D eigenvalue weighted by Gasteiger charge is -2.04. The van der Waals surface area contributed by atoms with Crippen molar-refractivity contribution in [1.82, 2.24) is 5.32 Å². The number of hydrogen-bond acceptors (Lipinski definition) is 2. The number of primary amides is 1. The molecule has 5 heteroatoms. The van der Waals surface area contributed by atoms with Crippen molar-refractivity contribution in [2.24, 2.45) is 5.73 Å². The van der Waals surface area contributed by atoms with Crippen LogP contribution in [0.4, 0.5) is 4.79 Å². The van der Waals surface area contributed by atoms with Crippen molar-refractivity contribution in [2.45, 2.75) is 6.92 Å². The van der Waals surface area contributed by atoms with Gasteiger partial charge >= 0.3 is 6.03 Å². The smallest absolute Gasteiger partial charge is 0.319 e. The SMILES string of the molecule is Cc1cc(Cl)ccc1C(=O)NC(N)=O. The van der Waals surface area contributed by atoms with E-state index in [0.29, 0.717) is 16.1 Å². The van der Waals surface area contributed by atoms with Gasteiger partial charge in [0.25, 0.3) is 5.91 Å². The highest BCUT2D eigenvalue weighted by Gasteiger charge is 2.10. The summed E-state index contributed by atoms with van der Waals surface area (Å²) in [6, 6.07) is 3.88. The zero-order valence-corrected chi connectivity index (χ0v) is 8.26. The molecular formula is C9H9ClN2O2. The standard InChI is InChI=1S/C9H9ClN2O2/c1-5-4-6(10)2-3-7(5)8(13)12-9(11)14/h2-4H,1H3,(H3,11,12,13,14). The third-order valence-corrected chi connectivity index (χ3v) is 1.90. The molecule has 0 heterocycles. The minimum Gasteiger partial charge on any atom is -0.351 e. The molecule has 4 nitrogen and oxygen atoms in total. The molecule has 0 atom stereocenters. The first-order chi connectivity index (χ1) is 6.50.